The van der Waals surface area contributed by atoms with Gasteiger partial charge in [0.1, 0.15) is 0 Å². The first-order chi connectivity index (χ1) is 7.28. The maximum absolute atomic E-state index is 12.5. The van der Waals surface area contributed by atoms with Crippen molar-refractivity contribution in [1.82, 2.24) is 0 Å². The van der Waals surface area contributed by atoms with Gasteiger partial charge in [-0.05, 0) is 6.92 Å². The fourth-order valence-corrected chi connectivity index (χ4v) is 0.468. The molecule has 0 rings (SSSR count). The van der Waals surface area contributed by atoms with Gasteiger partial charge in [0.05, 0.1) is 0 Å². The van der Waals surface area contributed by atoms with Crippen molar-refractivity contribution in [3.63, 3.8) is 0 Å². The van der Waals surface area contributed by atoms with E-state index in [1.807, 2.05) is 4.74 Å². The van der Waals surface area contributed by atoms with Gasteiger partial charge in [0, 0.05) is 5.57 Å². The third-order valence-electron chi connectivity index (χ3n) is 1.15. The summed E-state index contributed by atoms with van der Waals surface area (Å²) in [4.78, 5) is 10.5. The molecule has 0 aliphatic heterocycles. The summed E-state index contributed by atoms with van der Waals surface area (Å²) in [5, 5.41) is 0. The molecule has 0 aliphatic carbocycles. The summed E-state index contributed by atoms with van der Waals surface area (Å²) in [5.41, 5.74) is -0.701. The van der Waals surface area contributed by atoms with Crippen molar-refractivity contribution >= 4 is 5.97 Å². The Bertz CT molecular complexity index is 320. The minimum Gasteiger partial charge on any atom is -0.391 e. The van der Waals surface area contributed by atoms with Gasteiger partial charge in [0.25, 0.3) is 0 Å². The zero-order valence-corrected chi connectivity index (χ0v) is 8.08. The lowest BCUT2D eigenvalue weighted by Gasteiger charge is -2.25. The van der Waals surface area contributed by atoms with Gasteiger partial charge in [0.2, 0.25) is 0 Å². The van der Waals surface area contributed by atoms with E-state index in [9.17, 15) is 35.5 Å². The third kappa shape index (κ3) is 4.59. The Morgan fingerprint density at radius 2 is 1.41 bits per heavy atom. The molecule has 0 bridgehead atoms. The quantitative estimate of drug-likeness (QED) is 0.447. The summed E-state index contributed by atoms with van der Waals surface area (Å²) < 4.78 is 88.5. The van der Waals surface area contributed by atoms with Crippen molar-refractivity contribution in [3.05, 3.63) is 12.2 Å². The second-order valence-electron chi connectivity index (χ2n) is 2.75. The van der Waals surface area contributed by atoms with Gasteiger partial charge in [-0.15, -0.1) is 13.2 Å². The summed E-state index contributed by atoms with van der Waals surface area (Å²) in [6.45, 7) is 3.61. The predicted octanol–water partition coefficient (Wildman–Crippen LogP) is 2.83. The number of ether oxygens (including phenoxy) is 2. The monoisotopic (exact) mass is 270 g/mol. The molecule has 0 spiro atoms. The molecular weight excluding hydrogens is 265 g/mol. The Morgan fingerprint density at radius 3 is 1.71 bits per heavy atom. The highest BCUT2D eigenvalue weighted by Crippen LogP contribution is 2.40. The standard InChI is InChI=1S/C7H5F7O3/c1-3(2)4(15)16-5(8,9)6(10,11)17-7(12,13)14/h1H2,2H3. The number of carbonyl (C=O) groups is 1. The van der Waals surface area contributed by atoms with Crippen LogP contribution in [0.2, 0.25) is 0 Å². The molecule has 0 heterocycles. The summed E-state index contributed by atoms with van der Waals surface area (Å²) >= 11 is 0. The normalized spacial score (nSPS) is 13.4. The summed E-state index contributed by atoms with van der Waals surface area (Å²) in [7, 11) is 0. The van der Waals surface area contributed by atoms with Crippen LogP contribution >= 0.6 is 0 Å². The van der Waals surface area contributed by atoms with Crippen LogP contribution in [0.5, 0.6) is 0 Å². The number of rotatable bonds is 4. The molecule has 0 aliphatic rings. The van der Waals surface area contributed by atoms with Crippen LogP contribution in [0, 0.1) is 0 Å². The Balaban J connectivity index is 4.90. The molecule has 0 aromatic rings. The number of hydrogen-bond donors (Lipinski definition) is 0. The molecule has 0 saturated heterocycles. The van der Waals surface area contributed by atoms with Gasteiger partial charge in [0.15, 0.2) is 0 Å². The van der Waals surface area contributed by atoms with E-state index in [1.165, 1.54) is 0 Å². The molecule has 0 N–H and O–H groups in total. The van der Waals surface area contributed by atoms with Crippen molar-refractivity contribution in [2.45, 2.75) is 25.5 Å². The van der Waals surface area contributed by atoms with Crippen LogP contribution in [0.3, 0.4) is 0 Å². The van der Waals surface area contributed by atoms with E-state index in [1.54, 1.807) is 0 Å². The Morgan fingerprint density at radius 1 is 1.00 bits per heavy atom. The van der Waals surface area contributed by atoms with Gasteiger partial charge >= 0.3 is 24.5 Å². The largest absolute Gasteiger partial charge is 0.527 e. The zero-order chi connectivity index (χ0) is 14.1. The van der Waals surface area contributed by atoms with Crippen LogP contribution in [-0.4, -0.2) is 24.5 Å². The fourth-order valence-electron chi connectivity index (χ4n) is 0.468. The van der Waals surface area contributed by atoms with E-state index in [-0.39, 0.29) is 0 Å². The van der Waals surface area contributed by atoms with E-state index in [4.69, 9.17) is 0 Å². The first-order valence-corrected chi connectivity index (χ1v) is 3.70. The van der Waals surface area contributed by atoms with Crippen molar-refractivity contribution in [2.75, 3.05) is 0 Å². The highest BCUT2D eigenvalue weighted by molar-refractivity contribution is 5.87. The SMILES string of the molecule is C=C(C)C(=O)OC(F)(F)C(F)(F)OC(F)(F)F. The van der Waals surface area contributed by atoms with Crippen molar-refractivity contribution in [3.8, 4) is 0 Å². The average Bonchev–Trinajstić information content (AvgIpc) is 1.97. The molecule has 10 heteroatoms. The van der Waals surface area contributed by atoms with E-state index in [0.717, 1.165) is 6.92 Å². The minimum atomic E-state index is -6.05. The van der Waals surface area contributed by atoms with Crippen molar-refractivity contribution in [1.29, 1.82) is 0 Å². The summed E-state index contributed by atoms with van der Waals surface area (Å²) in [6.07, 6.45) is -17.8. The molecule has 0 atom stereocenters. The molecule has 0 radical (unpaired) electrons. The molecule has 0 fully saturated rings. The van der Waals surface area contributed by atoms with Crippen LogP contribution in [-0.2, 0) is 14.3 Å². The van der Waals surface area contributed by atoms with Crippen LogP contribution in [0.4, 0.5) is 30.7 Å². The minimum absolute atomic E-state index is 0.701. The van der Waals surface area contributed by atoms with Crippen molar-refractivity contribution < 1.29 is 45.0 Å². The lowest BCUT2D eigenvalue weighted by Crippen LogP contribution is -2.49. The molecule has 0 unspecified atom stereocenters. The van der Waals surface area contributed by atoms with Gasteiger partial charge in [-0.1, -0.05) is 6.58 Å². The highest BCUT2D eigenvalue weighted by atomic mass is 19.4. The van der Waals surface area contributed by atoms with Gasteiger partial charge in [-0.2, -0.15) is 17.6 Å². The average molecular weight is 270 g/mol. The first kappa shape index (κ1) is 15.7. The number of esters is 1. The number of hydrogen-bond acceptors (Lipinski definition) is 3. The summed E-state index contributed by atoms with van der Waals surface area (Å²) in [6, 6.07) is 0. The second kappa shape index (κ2) is 4.51. The van der Waals surface area contributed by atoms with E-state index < -0.39 is 30.1 Å². The maximum atomic E-state index is 12.5. The Kier molecular flexibility index (Phi) is 4.16. The van der Waals surface area contributed by atoms with Crippen LogP contribution in [0.15, 0.2) is 12.2 Å². The molecule has 100 valence electrons. The van der Waals surface area contributed by atoms with Crippen LogP contribution in [0.1, 0.15) is 6.92 Å². The summed E-state index contributed by atoms with van der Waals surface area (Å²) in [5.74, 6) is -1.99. The van der Waals surface area contributed by atoms with Crippen LogP contribution < -0.4 is 0 Å². The third-order valence-corrected chi connectivity index (χ3v) is 1.15. The van der Waals surface area contributed by atoms with Crippen molar-refractivity contribution in [2.24, 2.45) is 0 Å². The van der Waals surface area contributed by atoms with Gasteiger partial charge < -0.3 is 4.74 Å². The van der Waals surface area contributed by atoms with E-state index >= 15 is 0 Å². The number of halogens is 7. The first-order valence-electron chi connectivity index (χ1n) is 3.70. The van der Waals surface area contributed by atoms with Gasteiger partial charge in [-0.25, -0.2) is 9.53 Å². The Labute approximate surface area is 89.8 Å². The topological polar surface area (TPSA) is 35.5 Å². The highest BCUT2D eigenvalue weighted by Gasteiger charge is 2.66. The zero-order valence-electron chi connectivity index (χ0n) is 8.08. The molecular formula is C7H5F7O3. The maximum Gasteiger partial charge on any atom is 0.527 e. The second-order valence-corrected chi connectivity index (χ2v) is 2.75. The predicted molar refractivity (Wildman–Crippen MR) is 37.9 cm³/mol. The molecule has 0 saturated carbocycles. The molecule has 17 heavy (non-hydrogen) atoms. The molecule has 3 nitrogen and oxygen atoms in total. The van der Waals surface area contributed by atoms with E-state index in [0.29, 0.717) is 0 Å². The lowest BCUT2D eigenvalue weighted by atomic mass is 10.4. The number of carbonyl (C=O) groups excluding carboxylic acids is 1. The fraction of sp³-hybridized carbons (Fsp3) is 0.571. The van der Waals surface area contributed by atoms with E-state index in [2.05, 4.69) is 11.3 Å². The Hall–Kier alpha value is -1.32. The molecule has 0 aromatic carbocycles. The van der Waals surface area contributed by atoms with Gasteiger partial charge in [-0.3, -0.25) is 0 Å². The molecule has 0 aromatic heterocycles. The smallest absolute Gasteiger partial charge is 0.391 e. The molecule has 0 amide bonds. The number of alkyl halides is 7. The lowest BCUT2D eigenvalue weighted by molar-refractivity contribution is -0.497. The van der Waals surface area contributed by atoms with Crippen LogP contribution in [0.25, 0.3) is 0 Å².